The van der Waals surface area contributed by atoms with Crippen LogP contribution in [0.2, 0.25) is 0 Å². The molecule has 2 heteroatoms. The number of nitrogens with zero attached hydrogens (tertiary/aromatic N) is 1. The topological polar surface area (TPSA) is 20.3 Å². The van der Waals surface area contributed by atoms with Gasteiger partial charge in [0, 0.05) is 20.0 Å². The first-order chi connectivity index (χ1) is 5.09. The fraction of sp³-hybridized carbons (Fsp3) is 0.889. The van der Waals surface area contributed by atoms with Crippen molar-refractivity contribution in [2.45, 2.75) is 27.2 Å². The lowest BCUT2D eigenvalue weighted by Crippen LogP contribution is -2.49. The maximum absolute atomic E-state index is 10.8. The first kappa shape index (κ1) is 8.57. The number of likely N-dealkylation sites (tertiary alicyclic amines) is 1. The zero-order valence-corrected chi connectivity index (χ0v) is 7.63. The van der Waals surface area contributed by atoms with E-state index in [1.165, 1.54) is 6.42 Å². The molecule has 0 bridgehead atoms. The molecule has 0 saturated carbocycles. The highest BCUT2D eigenvalue weighted by molar-refractivity contribution is 5.74. The first-order valence-corrected chi connectivity index (χ1v) is 4.35. The highest BCUT2D eigenvalue weighted by Gasteiger charge is 2.28. The molecule has 1 fully saturated rings. The van der Waals surface area contributed by atoms with Gasteiger partial charge in [0.05, 0.1) is 0 Å². The third kappa shape index (κ3) is 2.21. The predicted octanol–water partition coefficient (Wildman–Crippen LogP) is 1.51. The van der Waals surface area contributed by atoms with E-state index in [1.807, 2.05) is 4.90 Å². The number of carbonyl (C=O) groups is 1. The quantitative estimate of drug-likeness (QED) is 0.592. The maximum atomic E-state index is 10.8. The zero-order chi connectivity index (χ0) is 8.43. The number of hydrogen-bond donors (Lipinski definition) is 0. The summed E-state index contributed by atoms with van der Waals surface area (Å²) >= 11 is 0. The van der Waals surface area contributed by atoms with E-state index >= 15 is 0 Å². The van der Waals surface area contributed by atoms with Crippen LogP contribution in [-0.2, 0) is 4.79 Å². The molecule has 0 aliphatic carbocycles. The molecule has 1 heterocycles. The van der Waals surface area contributed by atoms with E-state index in [4.69, 9.17) is 0 Å². The Hall–Kier alpha value is -0.530. The highest BCUT2D eigenvalue weighted by atomic mass is 16.2. The summed E-state index contributed by atoms with van der Waals surface area (Å²) in [5.41, 5.74) is 0. The van der Waals surface area contributed by atoms with Gasteiger partial charge >= 0.3 is 0 Å². The van der Waals surface area contributed by atoms with Crippen molar-refractivity contribution in [2.75, 3.05) is 13.1 Å². The summed E-state index contributed by atoms with van der Waals surface area (Å²) in [6.07, 6.45) is 1.27. The Labute approximate surface area is 68.6 Å². The molecule has 1 rings (SSSR count). The Bertz CT molecular complexity index is 148. The van der Waals surface area contributed by atoms with Gasteiger partial charge in [0.1, 0.15) is 0 Å². The van der Waals surface area contributed by atoms with Crippen LogP contribution in [0.4, 0.5) is 0 Å². The molecule has 1 amide bonds. The van der Waals surface area contributed by atoms with Gasteiger partial charge in [-0.05, 0) is 18.3 Å². The smallest absolute Gasteiger partial charge is 0.219 e. The zero-order valence-electron chi connectivity index (χ0n) is 7.63. The molecular formula is C9H17NO. The van der Waals surface area contributed by atoms with Crippen LogP contribution in [0.25, 0.3) is 0 Å². The minimum Gasteiger partial charge on any atom is -0.342 e. The molecule has 1 aliphatic rings. The summed E-state index contributed by atoms with van der Waals surface area (Å²) < 4.78 is 0. The lowest BCUT2D eigenvalue weighted by molar-refractivity contribution is -0.135. The minimum absolute atomic E-state index is 0.227. The van der Waals surface area contributed by atoms with Crippen LogP contribution in [0.1, 0.15) is 27.2 Å². The van der Waals surface area contributed by atoms with Crippen LogP contribution in [-0.4, -0.2) is 23.9 Å². The molecule has 64 valence electrons. The van der Waals surface area contributed by atoms with Crippen molar-refractivity contribution in [3.8, 4) is 0 Å². The summed E-state index contributed by atoms with van der Waals surface area (Å²) in [5.74, 6) is 1.78. The first-order valence-electron chi connectivity index (χ1n) is 4.35. The second-order valence-corrected chi connectivity index (χ2v) is 3.92. The van der Waals surface area contributed by atoms with Crippen LogP contribution in [0.15, 0.2) is 0 Å². The number of hydrogen-bond acceptors (Lipinski definition) is 1. The van der Waals surface area contributed by atoms with E-state index in [0.717, 1.165) is 24.9 Å². The standard InChI is InChI=1S/C9H17NO/c1-7(2)4-9-5-10(6-9)8(3)11/h7,9H,4-6H2,1-3H3. The Kier molecular flexibility index (Phi) is 2.53. The lowest BCUT2D eigenvalue weighted by Gasteiger charge is -2.39. The van der Waals surface area contributed by atoms with Gasteiger partial charge in [-0.15, -0.1) is 0 Å². The Morgan fingerprint density at radius 3 is 2.45 bits per heavy atom. The van der Waals surface area contributed by atoms with Crippen molar-refractivity contribution in [1.82, 2.24) is 4.90 Å². The Morgan fingerprint density at radius 2 is 2.09 bits per heavy atom. The van der Waals surface area contributed by atoms with Gasteiger partial charge in [-0.1, -0.05) is 13.8 Å². The fourth-order valence-corrected chi connectivity index (χ4v) is 1.64. The van der Waals surface area contributed by atoms with E-state index in [2.05, 4.69) is 13.8 Å². The SMILES string of the molecule is CC(=O)N1CC(CC(C)C)C1. The molecule has 0 unspecified atom stereocenters. The molecule has 0 atom stereocenters. The van der Waals surface area contributed by atoms with Crippen molar-refractivity contribution in [3.05, 3.63) is 0 Å². The molecule has 11 heavy (non-hydrogen) atoms. The van der Waals surface area contributed by atoms with Gasteiger partial charge in [0.15, 0.2) is 0 Å². The average Bonchev–Trinajstić information content (AvgIpc) is 1.75. The van der Waals surface area contributed by atoms with Gasteiger partial charge in [0.2, 0.25) is 5.91 Å². The second-order valence-electron chi connectivity index (χ2n) is 3.92. The van der Waals surface area contributed by atoms with Gasteiger partial charge in [-0.3, -0.25) is 4.79 Å². The van der Waals surface area contributed by atoms with E-state index in [0.29, 0.717) is 0 Å². The predicted molar refractivity (Wildman–Crippen MR) is 45.2 cm³/mol. The molecule has 1 saturated heterocycles. The monoisotopic (exact) mass is 155 g/mol. The molecular weight excluding hydrogens is 138 g/mol. The third-order valence-electron chi connectivity index (χ3n) is 2.21. The van der Waals surface area contributed by atoms with Gasteiger partial charge in [-0.25, -0.2) is 0 Å². The third-order valence-corrected chi connectivity index (χ3v) is 2.21. The largest absolute Gasteiger partial charge is 0.342 e. The Morgan fingerprint density at radius 1 is 1.55 bits per heavy atom. The maximum Gasteiger partial charge on any atom is 0.219 e. The summed E-state index contributed by atoms with van der Waals surface area (Å²) in [7, 11) is 0. The molecule has 0 N–H and O–H groups in total. The van der Waals surface area contributed by atoms with E-state index < -0.39 is 0 Å². The molecule has 0 aromatic carbocycles. The van der Waals surface area contributed by atoms with Crippen LogP contribution in [0.5, 0.6) is 0 Å². The molecule has 1 aliphatic heterocycles. The minimum atomic E-state index is 0.227. The summed E-state index contributed by atoms with van der Waals surface area (Å²) in [6.45, 7) is 8.10. The summed E-state index contributed by atoms with van der Waals surface area (Å²) in [6, 6.07) is 0. The summed E-state index contributed by atoms with van der Waals surface area (Å²) in [4.78, 5) is 12.7. The Balaban J connectivity index is 2.14. The molecule has 0 aromatic rings. The van der Waals surface area contributed by atoms with Crippen LogP contribution < -0.4 is 0 Å². The van der Waals surface area contributed by atoms with E-state index in [-0.39, 0.29) is 5.91 Å². The van der Waals surface area contributed by atoms with E-state index in [9.17, 15) is 4.79 Å². The molecule has 0 radical (unpaired) electrons. The van der Waals surface area contributed by atoms with Gasteiger partial charge < -0.3 is 4.90 Å². The van der Waals surface area contributed by atoms with Crippen LogP contribution >= 0.6 is 0 Å². The van der Waals surface area contributed by atoms with E-state index in [1.54, 1.807) is 6.92 Å². The van der Waals surface area contributed by atoms with Gasteiger partial charge in [-0.2, -0.15) is 0 Å². The van der Waals surface area contributed by atoms with Crippen molar-refractivity contribution in [2.24, 2.45) is 11.8 Å². The second kappa shape index (κ2) is 3.24. The average molecular weight is 155 g/mol. The van der Waals surface area contributed by atoms with Crippen molar-refractivity contribution in [3.63, 3.8) is 0 Å². The van der Waals surface area contributed by atoms with Crippen LogP contribution in [0, 0.1) is 11.8 Å². The lowest BCUT2D eigenvalue weighted by atomic mass is 9.90. The van der Waals surface area contributed by atoms with Crippen LogP contribution in [0.3, 0.4) is 0 Å². The highest BCUT2D eigenvalue weighted by Crippen LogP contribution is 2.22. The number of carbonyl (C=O) groups excluding carboxylic acids is 1. The number of amides is 1. The van der Waals surface area contributed by atoms with Crippen molar-refractivity contribution in [1.29, 1.82) is 0 Å². The van der Waals surface area contributed by atoms with Gasteiger partial charge in [0.25, 0.3) is 0 Å². The molecule has 0 aromatic heterocycles. The number of rotatable bonds is 2. The van der Waals surface area contributed by atoms with Crippen molar-refractivity contribution >= 4 is 5.91 Å². The van der Waals surface area contributed by atoms with Crippen molar-refractivity contribution < 1.29 is 4.79 Å². The summed E-state index contributed by atoms with van der Waals surface area (Å²) in [5, 5.41) is 0. The molecule has 2 nitrogen and oxygen atoms in total. The molecule has 0 spiro atoms. The normalized spacial score (nSPS) is 18.7. The fourth-order valence-electron chi connectivity index (χ4n) is 1.64.